The van der Waals surface area contributed by atoms with Crippen molar-refractivity contribution in [2.24, 2.45) is 0 Å². The van der Waals surface area contributed by atoms with Crippen LogP contribution in [0.5, 0.6) is 0 Å². The second kappa shape index (κ2) is 28.9. The summed E-state index contributed by atoms with van der Waals surface area (Å²) in [5.74, 6) is -2.41. The summed E-state index contributed by atoms with van der Waals surface area (Å²) in [6.45, 7) is 4.95. The average Bonchev–Trinajstić information content (AvgIpc) is 3.89. The molecule has 0 aromatic rings. The van der Waals surface area contributed by atoms with E-state index >= 15 is 0 Å². The number of fused-ring (bicyclic) bond motifs is 2. The third-order valence-corrected chi connectivity index (χ3v) is 12.0. The summed E-state index contributed by atoms with van der Waals surface area (Å²) >= 11 is 0. The maximum absolute atomic E-state index is 12.2. The highest BCUT2D eigenvalue weighted by Crippen LogP contribution is 2.25. The van der Waals surface area contributed by atoms with Crippen LogP contribution in [0.2, 0.25) is 0 Å². The zero-order valence-corrected chi connectivity index (χ0v) is 38.9. The molecule has 70 heavy (non-hydrogen) atoms. The van der Waals surface area contributed by atoms with Gasteiger partial charge in [0.2, 0.25) is 23.6 Å². The predicted octanol–water partition coefficient (Wildman–Crippen LogP) is -8.60. The van der Waals surface area contributed by atoms with E-state index in [-0.39, 0.29) is 96.4 Å². The SMILES string of the molecule is O=C(COCCOCCOCCNC1CN(CCN2C(=O)C=CC2=O)CC1NCCOCCOCCOCC(=O)NCC1O[C@H]2OCC(=O)N[C@H]2C(O)C1O)NCC1O[C@H]2OCC(=O)N[C@H]2C(O)C1O. The number of likely N-dealkylation sites (tertiary alicyclic amines) is 1. The van der Waals surface area contributed by atoms with Crippen molar-refractivity contribution < 1.29 is 96.6 Å². The number of morpholine rings is 2. The largest absolute Gasteiger partial charge is 0.388 e. The van der Waals surface area contributed by atoms with Gasteiger partial charge in [-0.05, 0) is 0 Å². The van der Waals surface area contributed by atoms with Crippen molar-refractivity contribution in [3.63, 3.8) is 0 Å². The second-order valence-electron chi connectivity index (χ2n) is 17.1. The van der Waals surface area contributed by atoms with Gasteiger partial charge in [-0.3, -0.25) is 38.6 Å². The standard InChI is InChI=1S/C42H68N8O20/c51-29(45-17-27-37(57)39(59)35-41(69-27)67-23-31(53)47-35)21-65-15-13-63-11-9-61-7-3-43-25-19-49(5-6-50-33(55)1-2-34(50)56)20-26(25)44-4-8-62-10-12-64-14-16-66-22-30(52)46-18-28-38(58)40(60)36-42(70-28)68-24-32(54)48-36/h1-2,25-28,35-44,57-60H,3-24H2,(H,45,51)(H,46,52)(H,47,53)(H,48,54)/t25?,26?,27?,28?,35-,36-,37?,38?,39?,40?,41+,42+/m0/s1. The molecule has 28 nitrogen and oxygen atoms in total. The number of ether oxygens (including phenoxy) is 10. The Balaban J connectivity index is 0.754. The molecule has 0 bridgehead atoms. The minimum Gasteiger partial charge on any atom is -0.388 e. The first-order valence-corrected chi connectivity index (χ1v) is 23.5. The van der Waals surface area contributed by atoms with Crippen LogP contribution in [0.1, 0.15) is 0 Å². The number of imide groups is 1. The molecule has 5 fully saturated rings. The molecule has 0 aliphatic carbocycles. The average molecular weight is 1010 g/mol. The highest BCUT2D eigenvalue weighted by Gasteiger charge is 2.49. The van der Waals surface area contributed by atoms with Gasteiger partial charge < -0.3 is 99.7 Å². The van der Waals surface area contributed by atoms with E-state index in [2.05, 4.69) is 36.8 Å². The topological polar surface area (TPSA) is 354 Å². The summed E-state index contributed by atoms with van der Waals surface area (Å²) in [4.78, 5) is 75.1. The lowest BCUT2D eigenvalue weighted by Gasteiger charge is -2.44. The van der Waals surface area contributed by atoms with Gasteiger partial charge in [-0.25, -0.2) is 0 Å². The van der Waals surface area contributed by atoms with Gasteiger partial charge in [0.05, 0.1) is 66.1 Å². The van der Waals surface area contributed by atoms with Crippen molar-refractivity contribution in [3.8, 4) is 0 Å². The molecule has 28 heteroatoms. The van der Waals surface area contributed by atoms with E-state index in [1.54, 1.807) is 0 Å². The van der Waals surface area contributed by atoms with E-state index in [9.17, 15) is 49.2 Å². The number of amides is 6. The minimum atomic E-state index is -1.35. The first-order chi connectivity index (χ1) is 33.9. The monoisotopic (exact) mass is 1000 g/mol. The van der Waals surface area contributed by atoms with E-state index in [0.29, 0.717) is 72.4 Å². The molecule has 0 spiro atoms. The molecule has 12 atom stereocenters. The van der Waals surface area contributed by atoms with Gasteiger partial charge in [0.1, 0.15) is 75.1 Å². The Bertz CT molecular complexity index is 1620. The smallest absolute Gasteiger partial charge is 0.253 e. The summed E-state index contributed by atoms with van der Waals surface area (Å²) in [6, 6.07) is -1.73. The van der Waals surface area contributed by atoms with E-state index in [1.165, 1.54) is 17.1 Å². The number of aliphatic hydroxyl groups excluding tert-OH is 4. The molecule has 6 amide bonds. The number of aliphatic hydroxyl groups is 4. The lowest BCUT2D eigenvalue weighted by molar-refractivity contribution is -0.271. The predicted molar refractivity (Wildman–Crippen MR) is 234 cm³/mol. The maximum Gasteiger partial charge on any atom is 0.253 e. The fourth-order valence-corrected chi connectivity index (χ4v) is 8.31. The molecule has 6 rings (SSSR count). The number of hydrogen-bond donors (Lipinski definition) is 10. The molecule has 396 valence electrons. The molecule has 6 aliphatic rings. The number of nitrogens with one attached hydrogen (secondary N) is 6. The molecular formula is C42H68N8O20. The highest BCUT2D eigenvalue weighted by molar-refractivity contribution is 6.12. The molecule has 0 saturated carbocycles. The molecular weight excluding hydrogens is 936 g/mol. The number of hydrogen-bond acceptors (Lipinski definition) is 23. The van der Waals surface area contributed by atoms with Crippen molar-refractivity contribution in [3.05, 3.63) is 12.2 Å². The quantitative estimate of drug-likeness (QED) is 0.0228. The van der Waals surface area contributed by atoms with Gasteiger partial charge in [0.25, 0.3) is 11.8 Å². The summed E-state index contributed by atoms with van der Waals surface area (Å²) in [5.41, 5.74) is 0. The summed E-state index contributed by atoms with van der Waals surface area (Å²) in [7, 11) is 0. The molecule has 8 unspecified atom stereocenters. The number of carbonyl (C=O) groups excluding carboxylic acids is 6. The third kappa shape index (κ3) is 17.1. The van der Waals surface area contributed by atoms with E-state index in [4.69, 9.17) is 47.4 Å². The summed E-state index contributed by atoms with van der Waals surface area (Å²) < 4.78 is 55.0. The highest BCUT2D eigenvalue weighted by atomic mass is 16.7. The van der Waals surface area contributed by atoms with Crippen LogP contribution in [0.25, 0.3) is 0 Å². The molecule has 0 aromatic carbocycles. The molecule has 10 N–H and O–H groups in total. The Kier molecular flexibility index (Phi) is 22.9. The summed E-state index contributed by atoms with van der Waals surface area (Å²) in [6.07, 6.45) is -6.61. The van der Waals surface area contributed by atoms with Crippen molar-refractivity contribution in [2.45, 2.75) is 73.4 Å². The molecule has 6 aliphatic heterocycles. The van der Waals surface area contributed by atoms with Crippen LogP contribution >= 0.6 is 0 Å². The lowest BCUT2D eigenvalue weighted by Crippen LogP contribution is -2.68. The first kappa shape index (κ1) is 55.4. The Hall–Kier alpha value is -3.92. The van der Waals surface area contributed by atoms with Crippen LogP contribution in [0.3, 0.4) is 0 Å². The molecule has 6 heterocycles. The molecule has 0 radical (unpaired) electrons. The van der Waals surface area contributed by atoms with Crippen molar-refractivity contribution in [1.82, 2.24) is 41.7 Å². The first-order valence-electron chi connectivity index (χ1n) is 23.5. The Morgan fingerprint density at radius 3 is 1.40 bits per heavy atom. The van der Waals surface area contributed by atoms with Gasteiger partial charge in [0, 0.05) is 76.6 Å². The van der Waals surface area contributed by atoms with E-state index in [0.717, 1.165) is 0 Å². The van der Waals surface area contributed by atoms with Crippen LogP contribution < -0.4 is 31.9 Å². The van der Waals surface area contributed by atoms with Crippen molar-refractivity contribution in [2.75, 3.05) is 145 Å². The zero-order chi connectivity index (χ0) is 49.8. The number of carbonyl (C=O) groups is 6. The zero-order valence-electron chi connectivity index (χ0n) is 38.9. The Morgan fingerprint density at radius 1 is 0.571 bits per heavy atom. The van der Waals surface area contributed by atoms with E-state index in [1.807, 2.05) is 0 Å². The van der Waals surface area contributed by atoms with Gasteiger partial charge in [0.15, 0.2) is 12.6 Å². The number of nitrogens with zero attached hydrogens (tertiary/aromatic N) is 2. The fourth-order valence-electron chi connectivity index (χ4n) is 8.31. The van der Waals surface area contributed by atoms with E-state index < -0.39 is 84.9 Å². The fraction of sp³-hybridized carbons (Fsp3) is 0.810. The van der Waals surface area contributed by atoms with Crippen LogP contribution in [0.15, 0.2) is 12.2 Å². The third-order valence-electron chi connectivity index (χ3n) is 12.0. The minimum absolute atomic E-state index is 0.0432. The van der Waals surface area contributed by atoms with Crippen LogP contribution in [-0.2, 0) is 76.1 Å². The maximum atomic E-state index is 12.2. The lowest BCUT2D eigenvalue weighted by atomic mass is 9.96. The van der Waals surface area contributed by atoms with Crippen molar-refractivity contribution >= 4 is 35.4 Å². The Morgan fingerprint density at radius 2 is 0.971 bits per heavy atom. The Labute approximate surface area is 403 Å². The van der Waals surface area contributed by atoms with Gasteiger partial charge in [-0.2, -0.15) is 0 Å². The van der Waals surface area contributed by atoms with Gasteiger partial charge >= 0.3 is 0 Å². The van der Waals surface area contributed by atoms with Crippen molar-refractivity contribution in [1.29, 1.82) is 0 Å². The second-order valence-corrected chi connectivity index (χ2v) is 17.1. The summed E-state index contributed by atoms with van der Waals surface area (Å²) in [5, 5.41) is 58.7. The van der Waals surface area contributed by atoms with Gasteiger partial charge in [-0.1, -0.05) is 0 Å². The van der Waals surface area contributed by atoms with Crippen LogP contribution in [0.4, 0.5) is 0 Å². The van der Waals surface area contributed by atoms with Crippen LogP contribution in [-0.4, -0.2) is 284 Å². The number of rotatable bonds is 31. The molecule has 0 aromatic heterocycles. The molecule has 5 saturated heterocycles. The van der Waals surface area contributed by atoms with Gasteiger partial charge in [-0.15, -0.1) is 0 Å². The normalized spacial score (nSPS) is 31.1. The van der Waals surface area contributed by atoms with Crippen LogP contribution in [0, 0.1) is 0 Å².